The zero-order valence-electron chi connectivity index (χ0n) is 14.4. The predicted molar refractivity (Wildman–Crippen MR) is 109 cm³/mol. The fraction of sp³-hybridized carbons (Fsp3) is 0.211. The third-order valence-corrected chi connectivity index (χ3v) is 6.73. The predicted octanol–water partition coefficient (Wildman–Crippen LogP) is 5.78. The van der Waals surface area contributed by atoms with E-state index in [2.05, 4.69) is 35.7 Å². The maximum absolute atomic E-state index is 12.4. The van der Waals surface area contributed by atoms with E-state index in [0.717, 1.165) is 17.7 Å². The van der Waals surface area contributed by atoms with Crippen LogP contribution in [0.4, 0.5) is 5.13 Å². The first-order chi connectivity index (χ1) is 12.4. The van der Waals surface area contributed by atoms with Crippen molar-refractivity contribution < 1.29 is 8.42 Å². The van der Waals surface area contributed by atoms with Crippen LogP contribution >= 0.6 is 22.9 Å². The van der Waals surface area contributed by atoms with Crippen molar-refractivity contribution in [1.29, 1.82) is 0 Å². The van der Waals surface area contributed by atoms with Gasteiger partial charge in [-0.3, -0.25) is 4.72 Å². The van der Waals surface area contributed by atoms with Gasteiger partial charge < -0.3 is 0 Å². The highest BCUT2D eigenvalue weighted by atomic mass is 35.5. The second kappa shape index (κ2) is 7.78. The molecule has 0 spiro atoms. The molecule has 0 saturated heterocycles. The monoisotopic (exact) mass is 406 g/mol. The smallest absolute Gasteiger partial charge is 0.255 e. The van der Waals surface area contributed by atoms with Crippen LogP contribution < -0.4 is 4.72 Å². The van der Waals surface area contributed by atoms with Crippen LogP contribution in [0.25, 0.3) is 11.3 Å². The van der Waals surface area contributed by atoms with E-state index in [0.29, 0.717) is 16.1 Å². The molecular formula is C19H19ClN2O2S2. The third kappa shape index (κ3) is 4.26. The quantitative estimate of drug-likeness (QED) is 0.564. The Bertz CT molecular complexity index is 981. The highest BCUT2D eigenvalue weighted by Gasteiger charge is 2.16. The van der Waals surface area contributed by atoms with E-state index < -0.39 is 10.0 Å². The Kier molecular flexibility index (Phi) is 5.65. The van der Waals surface area contributed by atoms with Gasteiger partial charge in [0.25, 0.3) is 10.0 Å². The highest BCUT2D eigenvalue weighted by Crippen LogP contribution is 2.28. The Labute approximate surface area is 162 Å². The van der Waals surface area contributed by atoms with Crippen molar-refractivity contribution in [2.75, 3.05) is 4.72 Å². The first kappa shape index (κ1) is 18.9. The Morgan fingerprint density at radius 3 is 2.38 bits per heavy atom. The molecule has 0 amide bonds. The lowest BCUT2D eigenvalue weighted by molar-refractivity contribution is 0.601. The number of hydrogen-bond acceptors (Lipinski definition) is 4. The summed E-state index contributed by atoms with van der Waals surface area (Å²) in [6.07, 6.45) is 1.09. The molecule has 1 unspecified atom stereocenters. The van der Waals surface area contributed by atoms with Gasteiger partial charge in [-0.15, -0.1) is 11.3 Å². The van der Waals surface area contributed by atoms with E-state index in [9.17, 15) is 8.42 Å². The second-order valence-corrected chi connectivity index (χ2v) is 9.01. The number of aromatic nitrogens is 1. The number of sulfonamides is 1. The fourth-order valence-electron chi connectivity index (χ4n) is 2.46. The van der Waals surface area contributed by atoms with Gasteiger partial charge >= 0.3 is 0 Å². The number of nitrogens with zero attached hydrogens (tertiary/aromatic N) is 1. The van der Waals surface area contributed by atoms with E-state index in [1.54, 1.807) is 12.1 Å². The molecule has 136 valence electrons. The van der Waals surface area contributed by atoms with Gasteiger partial charge in [0.2, 0.25) is 0 Å². The standard InChI is InChI=1S/C19H19ClN2O2S2/c1-3-13(2)14-4-6-15(7-5-14)18-12-25-19(21-18)22-26(23,24)17-10-8-16(20)9-11-17/h4-13H,3H2,1-2H3,(H,21,22). The Morgan fingerprint density at radius 2 is 1.77 bits per heavy atom. The average molecular weight is 407 g/mol. The maximum Gasteiger partial charge on any atom is 0.263 e. The lowest BCUT2D eigenvalue weighted by Gasteiger charge is -2.09. The van der Waals surface area contributed by atoms with E-state index in [-0.39, 0.29) is 4.90 Å². The molecule has 4 nitrogen and oxygen atoms in total. The molecule has 1 aromatic heterocycles. The number of hydrogen-bond donors (Lipinski definition) is 1. The molecule has 7 heteroatoms. The van der Waals surface area contributed by atoms with Crippen molar-refractivity contribution >= 4 is 38.1 Å². The summed E-state index contributed by atoms with van der Waals surface area (Å²) in [5, 5.41) is 2.67. The summed E-state index contributed by atoms with van der Waals surface area (Å²) in [6.45, 7) is 4.36. The first-order valence-electron chi connectivity index (χ1n) is 8.23. The average Bonchev–Trinajstić information content (AvgIpc) is 3.09. The van der Waals surface area contributed by atoms with Gasteiger partial charge in [-0.25, -0.2) is 13.4 Å². The van der Waals surface area contributed by atoms with Gasteiger partial charge in [0.15, 0.2) is 5.13 Å². The zero-order chi connectivity index (χ0) is 18.7. The van der Waals surface area contributed by atoms with Crippen LogP contribution in [0.1, 0.15) is 31.7 Å². The topological polar surface area (TPSA) is 59.1 Å². The van der Waals surface area contributed by atoms with Crippen LogP contribution in [0, 0.1) is 0 Å². The molecule has 0 fully saturated rings. The summed E-state index contributed by atoms with van der Waals surface area (Å²) in [6, 6.07) is 14.3. The molecule has 26 heavy (non-hydrogen) atoms. The largest absolute Gasteiger partial charge is 0.263 e. The molecule has 0 aliphatic rings. The summed E-state index contributed by atoms with van der Waals surface area (Å²) in [5.74, 6) is 0.515. The molecule has 3 rings (SSSR count). The van der Waals surface area contributed by atoms with Gasteiger partial charge in [-0.1, -0.05) is 49.7 Å². The second-order valence-electron chi connectivity index (χ2n) is 6.03. The van der Waals surface area contributed by atoms with Gasteiger partial charge in [-0.05, 0) is 42.2 Å². The molecule has 0 bridgehead atoms. The number of anilines is 1. The van der Waals surface area contributed by atoms with Gasteiger partial charge in [0, 0.05) is 16.0 Å². The highest BCUT2D eigenvalue weighted by molar-refractivity contribution is 7.93. The molecule has 1 N–H and O–H groups in total. The third-order valence-electron chi connectivity index (χ3n) is 4.24. The number of benzene rings is 2. The van der Waals surface area contributed by atoms with Crippen molar-refractivity contribution in [1.82, 2.24) is 4.98 Å². The molecular weight excluding hydrogens is 388 g/mol. The summed E-state index contributed by atoms with van der Waals surface area (Å²) < 4.78 is 27.4. The molecule has 2 aromatic carbocycles. The van der Waals surface area contributed by atoms with E-state index in [1.165, 1.54) is 29.0 Å². The Balaban J connectivity index is 1.78. The normalized spacial score (nSPS) is 12.7. The van der Waals surface area contributed by atoms with Crippen LogP contribution in [-0.2, 0) is 10.0 Å². The van der Waals surface area contributed by atoms with Crippen molar-refractivity contribution in [3.05, 3.63) is 64.5 Å². The summed E-state index contributed by atoms with van der Waals surface area (Å²) in [5.41, 5.74) is 3.00. The number of thiazole rings is 1. The molecule has 1 atom stereocenters. The van der Waals surface area contributed by atoms with Crippen molar-refractivity contribution in [2.45, 2.75) is 31.1 Å². The van der Waals surface area contributed by atoms with Crippen LogP contribution in [0.15, 0.2) is 58.8 Å². The Morgan fingerprint density at radius 1 is 1.12 bits per heavy atom. The minimum Gasteiger partial charge on any atom is -0.255 e. The van der Waals surface area contributed by atoms with Crippen molar-refractivity contribution in [2.24, 2.45) is 0 Å². The zero-order valence-corrected chi connectivity index (χ0v) is 16.8. The van der Waals surface area contributed by atoms with Crippen LogP contribution in [0.2, 0.25) is 5.02 Å². The van der Waals surface area contributed by atoms with Crippen molar-refractivity contribution in [3.8, 4) is 11.3 Å². The fourth-order valence-corrected chi connectivity index (χ4v) is 4.56. The molecule has 3 aromatic rings. The summed E-state index contributed by atoms with van der Waals surface area (Å²) in [7, 11) is -3.68. The molecule has 0 saturated carbocycles. The lowest BCUT2D eigenvalue weighted by atomic mass is 9.97. The summed E-state index contributed by atoms with van der Waals surface area (Å²) in [4.78, 5) is 4.56. The minimum absolute atomic E-state index is 0.150. The first-order valence-corrected chi connectivity index (χ1v) is 11.0. The van der Waals surface area contributed by atoms with Crippen molar-refractivity contribution in [3.63, 3.8) is 0 Å². The molecule has 1 heterocycles. The Hall–Kier alpha value is -1.89. The van der Waals surface area contributed by atoms with Gasteiger partial charge in [0.1, 0.15) is 0 Å². The number of rotatable bonds is 6. The lowest BCUT2D eigenvalue weighted by Crippen LogP contribution is -2.12. The number of nitrogens with one attached hydrogen (secondary N) is 1. The van der Waals surface area contributed by atoms with E-state index in [4.69, 9.17) is 11.6 Å². The van der Waals surface area contributed by atoms with Crippen LogP contribution in [0.5, 0.6) is 0 Å². The molecule has 0 radical (unpaired) electrons. The number of halogens is 1. The van der Waals surface area contributed by atoms with E-state index in [1.807, 2.05) is 17.5 Å². The van der Waals surface area contributed by atoms with Crippen LogP contribution in [-0.4, -0.2) is 13.4 Å². The molecule has 0 aliphatic heterocycles. The minimum atomic E-state index is -3.68. The maximum atomic E-state index is 12.4. The van der Waals surface area contributed by atoms with E-state index >= 15 is 0 Å². The molecule has 0 aliphatic carbocycles. The summed E-state index contributed by atoms with van der Waals surface area (Å²) >= 11 is 7.06. The van der Waals surface area contributed by atoms with Crippen LogP contribution in [0.3, 0.4) is 0 Å². The SMILES string of the molecule is CCC(C)c1ccc(-c2csc(NS(=O)(=O)c3ccc(Cl)cc3)n2)cc1. The van der Waals surface area contributed by atoms with Gasteiger partial charge in [0.05, 0.1) is 10.6 Å². The van der Waals surface area contributed by atoms with Gasteiger partial charge in [-0.2, -0.15) is 0 Å².